The van der Waals surface area contributed by atoms with Crippen molar-refractivity contribution in [1.29, 1.82) is 0 Å². The summed E-state index contributed by atoms with van der Waals surface area (Å²) >= 11 is 7.72. The predicted octanol–water partition coefficient (Wildman–Crippen LogP) is 0.805. The van der Waals surface area contributed by atoms with E-state index in [1.54, 1.807) is 24.2 Å². The van der Waals surface area contributed by atoms with Gasteiger partial charge < -0.3 is 22.5 Å². The molecule has 0 aliphatic rings. The second kappa shape index (κ2) is 11.5. The zero-order valence-electron chi connectivity index (χ0n) is 13.0. The van der Waals surface area contributed by atoms with Gasteiger partial charge in [0, 0.05) is 35.3 Å². The van der Waals surface area contributed by atoms with Crippen molar-refractivity contribution in [2.75, 3.05) is 18.9 Å². The molecule has 0 saturated carbocycles. The highest BCUT2D eigenvalue weighted by molar-refractivity contribution is 7.99. The summed E-state index contributed by atoms with van der Waals surface area (Å²) in [6.45, 7) is 4.32. The van der Waals surface area contributed by atoms with Gasteiger partial charge in [-0.25, -0.2) is 9.97 Å². The molecule has 7 heteroatoms. The Balaban J connectivity index is 0.00000264. The summed E-state index contributed by atoms with van der Waals surface area (Å²) in [7, 11) is 0. The van der Waals surface area contributed by atoms with Crippen molar-refractivity contribution in [3.63, 3.8) is 0 Å². The summed E-state index contributed by atoms with van der Waals surface area (Å²) < 4.78 is 5.61. The molecule has 1 heterocycles. The van der Waals surface area contributed by atoms with Crippen molar-refractivity contribution in [1.82, 2.24) is 15.3 Å². The fourth-order valence-corrected chi connectivity index (χ4v) is 2.86. The standard InChI is InChI=1S/C16H20ClN3OS.ClH/c1-2-21-15-6-5-14(17)11-13(15)12-18-7-4-10-22-16-19-8-3-9-20-16;/h3,5-6,8-9,11,18H,2,4,7,10,12H2,1H3;1H/p-1. The van der Waals surface area contributed by atoms with Crippen molar-refractivity contribution in [3.05, 3.63) is 47.2 Å². The first kappa shape index (κ1) is 20.0. The maximum Gasteiger partial charge on any atom is 0.187 e. The molecule has 0 unspecified atom stereocenters. The van der Waals surface area contributed by atoms with E-state index in [4.69, 9.17) is 16.3 Å². The Morgan fingerprint density at radius 2 is 2.04 bits per heavy atom. The maximum atomic E-state index is 6.05. The number of halogens is 2. The molecule has 0 aliphatic carbocycles. The number of ether oxygens (including phenoxy) is 1. The van der Waals surface area contributed by atoms with Gasteiger partial charge in [-0.1, -0.05) is 23.4 Å². The third-order valence-electron chi connectivity index (χ3n) is 2.91. The number of nitrogens with one attached hydrogen (secondary N) is 1. The molecule has 126 valence electrons. The molecule has 1 aromatic heterocycles. The Morgan fingerprint density at radius 3 is 2.78 bits per heavy atom. The van der Waals surface area contributed by atoms with Crippen LogP contribution in [0.2, 0.25) is 5.02 Å². The van der Waals surface area contributed by atoms with Crippen LogP contribution in [0, 0.1) is 0 Å². The first-order chi connectivity index (χ1) is 10.8. The average Bonchev–Trinajstić information content (AvgIpc) is 2.54. The van der Waals surface area contributed by atoms with Gasteiger partial charge in [0.25, 0.3) is 0 Å². The molecule has 1 aromatic carbocycles. The highest BCUT2D eigenvalue weighted by Crippen LogP contribution is 2.22. The number of benzene rings is 1. The zero-order chi connectivity index (χ0) is 15.6. The molecule has 0 radical (unpaired) electrons. The number of aromatic nitrogens is 2. The van der Waals surface area contributed by atoms with Gasteiger partial charge in [0.05, 0.1) is 6.61 Å². The number of thioether (sulfide) groups is 1. The first-order valence-electron chi connectivity index (χ1n) is 7.31. The van der Waals surface area contributed by atoms with Crippen molar-refractivity contribution >= 4 is 23.4 Å². The topological polar surface area (TPSA) is 47.0 Å². The van der Waals surface area contributed by atoms with E-state index in [-0.39, 0.29) is 12.4 Å². The van der Waals surface area contributed by atoms with E-state index in [2.05, 4.69) is 15.3 Å². The third-order valence-corrected chi connectivity index (χ3v) is 4.11. The molecular formula is C16H20Cl2N3OS-. The molecule has 2 rings (SSSR count). The lowest BCUT2D eigenvalue weighted by atomic mass is 10.2. The summed E-state index contributed by atoms with van der Waals surface area (Å²) in [5, 5.41) is 4.98. The molecule has 0 bridgehead atoms. The Kier molecular flexibility index (Phi) is 10.0. The fraction of sp³-hybridized carbons (Fsp3) is 0.375. The van der Waals surface area contributed by atoms with Crippen molar-refractivity contribution in [2.45, 2.75) is 25.0 Å². The van der Waals surface area contributed by atoms with E-state index in [9.17, 15) is 0 Å². The van der Waals surface area contributed by atoms with Gasteiger partial charge in [-0.15, -0.1) is 0 Å². The van der Waals surface area contributed by atoms with Crippen LogP contribution in [0.4, 0.5) is 0 Å². The van der Waals surface area contributed by atoms with Crippen LogP contribution in [-0.4, -0.2) is 28.9 Å². The monoisotopic (exact) mass is 372 g/mol. The second-order valence-electron chi connectivity index (χ2n) is 4.60. The Bertz CT molecular complexity index is 573. The van der Waals surface area contributed by atoms with Crippen LogP contribution in [0.15, 0.2) is 41.8 Å². The summed E-state index contributed by atoms with van der Waals surface area (Å²) in [5.74, 6) is 1.89. The van der Waals surface area contributed by atoms with Crippen LogP contribution >= 0.6 is 23.4 Å². The second-order valence-corrected chi connectivity index (χ2v) is 6.09. The molecule has 4 nitrogen and oxygen atoms in total. The quantitative estimate of drug-likeness (QED) is 0.400. The van der Waals surface area contributed by atoms with E-state index < -0.39 is 0 Å². The van der Waals surface area contributed by atoms with Gasteiger partial charge in [0.15, 0.2) is 5.16 Å². The first-order valence-corrected chi connectivity index (χ1v) is 8.67. The molecule has 0 atom stereocenters. The van der Waals surface area contributed by atoms with Crippen LogP contribution in [0.5, 0.6) is 5.75 Å². The predicted molar refractivity (Wildman–Crippen MR) is 91.7 cm³/mol. The van der Waals surface area contributed by atoms with Crippen molar-refractivity contribution in [2.24, 2.45) is 0 Å². The molecule has 0 amide bonds. The van der Waals surface area contributed by atoms with Gasteiger partial charge in [-0.3, -0.25) is 0 Å². The van der Waals surface area contributed by atoms with Crippen LogP contribution in [0.25, 0.3) is 0 Å². The minimum atomic E-state index is 0. The molecule has 2 aromatic rings. The zero-order valence-corrected chi connectivity index (χ0v) is 15.3. The average molecular weight is 373 g/mol. The molecule has 0 spiro atoms. The lowest BCUT2D eigenvalue weighted by molar-refractivity contribution is -0.00000505. The fourth-order valence-electron chi connectivity index (χ4n) is 1.93. The van der Waals surface area contributed by atoms with E-state index in [1.807, 2.05) is 31.2 Å². The highest BCUT2D eigenvalue weighted by Gasteiger charge is 2.04. The van der Waals surface area contributed by atoms with E-state index >= 15 is 0 Å². The number of rotatable bonds is 9. The normalized spacial score (nSPS) is 10.2. The summed E-state index contributed by atoms with van der Waals surface area (Å²) in [6, 6.07) is 7.55. The van der Waals surface area contributed by atoms with Crippen LogP contribution in [0.3, 0.4) is 0 Å². The van der Waals surface area contributed by atoms with E-state index in [0.717, 1.165) is 46.8 Å². The van der Waals surface area contributed by atoms with Crippen LogP contribution in [-0.2, 0) is 6.54 Å². The van der Waals surface area contributed by atoms with Gasteiger partial charge in [-0.2, -0.15) is 0 Å². The lowest BCUT2D eigenvalue weighted by Crippen LogP contribution is -3.00. The summed E-state index contributed by atoms with van der Waals surface area (Å²) in [5.41, 5.74) is 1.09. The molecule has 23 heavy (non-hydrogen) atoms. The minimum absolute atomic E-state index is 0. The van der Waals surface area contributed by atoms with E-state index in [0.29, 0.717) is 6.61 Å². The summed E-state index contributed by atoms with van der Waals surface area (Å²) in [6.07, 6.45) is 4.58. The molecule has 0 aliphatic heterocycles. The summed E-state index contributed by atoms with van der Waals surface area (Å²) in [4.78, 5) is 8.37. The van der Waals surface area contributed by atoms with E-state index in [1.165, 1.54) is 0 Å². The lowest BCUT2D eigenvalue weighted by Gasteiger charge is -2.11. The Morgan fingerprint density at radius 1 is 1.26 bits per heavy atom. The van der Waals surface area contributed by atoms with Gasteiger partial charge in [0.2, 0.25) is 0 Å². The number of hydrogen-bond donors (Lipinski definition) is 1. The molecule has 1 N–H and O–H groups in total. The van der Waals surface area contributed by atoms with Crippen LogP contribution < -0.4 is 22.5 Å². The maximum absolute atomic E-state index is 6.05. The molecule has 0 saturated heterocycles. The van der Waals surface area contributed by atoms with Gasteiger partial charge in [-0.05, 0) is 44.2 Å². The van der Waals surface area contributed by atoms with Crippen LogP contribution in [0.1, 0.15) is 18.9 Å². The van der Waals surface area contributed by atoms with Crippen molar-refractivity contribution in [3.8, 4) is 5.75 Å². The third kappa shape index (κ3) is 7.40. The number of hydrogen-bond acceptors (Lipinski definition) is 5. The van der Waals surface area contributed by atoms with Gasteiger partial charge in [0.1, 0.15) is 5.75 Å². The highest BCUT2D eigenvalue weighted by atomic mass is 35.5. The Labute approximate surface area is 152 Å². The molecule has 0 fully saturated rings. The van der Waals surface area contributed by atoms with Crippen molar-refractivity contribution < 1.29 is 17.1 Å². The Hall–Kier alpha value is -1.01. The SMILES string of the molecule is CCOc1ccc(Cl)cc1CNCCCSc1ncccn1.[Cl-]. The molecular weight excluding hydrogens is 353 g/mol. The van der Waals surface area contributed by atoms with Gasteiger partial charge >= 0.3 is 0 Å². The largest absolute Gasteiger partial charge is 1.00 e. The smallest absolute Gasteiger partial charge is 0.187 e. The number of nitrogens with zero attached hydrogens (tertiary/aromatic N) is 2. The minimum Gasteiger partial charge on any atom is -1.00 e.